The van der Waals surface area contributed by atoms with Crippen LogP contribution in [0.2, 0.25) is 0 Å². The monoisotopic (exact) mass is 402 g/mol. The maximum atomic E-state index is 13.7. The molecule has 0 bridgehead atoms. The van der Waals surface area contributed by atoms with E-state index in [1.807, 2.05) is 35.9 Å². The summed E-state index contributed by atoms with van der Waals surface area (Å²) in [6.45, 7) is 2.56. The molecule has 1 aliphatic heterocycles. The second-order valence-corrected chi connectivity index (χ2v) is 7.56. The zero-order valence-corrected chi connectivity index (χ0v) is 16.2. The zero-order chi connectivity index (χ0) is 20.8. The molecule has 2 aromatic heterocycles. The fourth-order valence-electron chi connectivity index (χ4n) is 4.29. The van der Waals surface area contributed by atoms with Gasteiger partial charge >= 0.3 is 0 Å². The van der Waals surface area contributed by atoms with Crippen molar-refractivity contribution in [2.24, 2.45) is 0 Å². The van der Waals surface area contributed by atoms with E-state index in [-0.39, 0.29) is 23.5 Å². The lowest BCUT2D eigenvalue weighted by molar-refractivity contribution is 0.331. The number of hydrogen-bond acceptors (Lipinski definition) is 4. The molecule has 150 valence electrons. The van der Waals surface area contributed by atoms with E-state index < -0.39 is 5.43 Å². The molecule has 0 spiro atoms. The van der Waals surface area contributed by atoms with Gasteiger partial charge in [0.1, 0.15) is 11.5 Å². The number of aryl methyl sites for hydroxylation is 1. The summed E-state index contributed by atoms with van der Waals surface area (Å²) in [6, 6.07) is 14.3. The maximum absolute atomic E-state index is 13.7. The lowest BCUT2D eigenvalue weighted by Gasteiger charge is -2.34. The molecule has 0 saturated carbocycles. The SMILES string of the molecule is Cc1cccc([C@H](c2ccc(F)cc2)[C@H]2Cn3ccnc3-c3c(O)c(=O)cnn32)c1. The quantitative estimate of drug-likeness (QED) is 0.568. The summed E-state index contributed by atoms with van der Waals surface area (Å²) in [7, 11) is 0. The summed E-state index contributed by atoms with van der Waals surface area (Å²) in [5.74, 6) is -0.364. The Morgan fingerprint density at radius 1 is 1.17 bits per heavy atom. The first kappa shape index (κ1) is 18.3. The van der Waals surface area contributed by atoms with E-state index in [4.69, 9.17) is 0 Å². The third-order valence-electron chi connectivity index (χ3n) is 5.63. The Bertz CT molecular complexity index is 1290. The van der Waals surface area contributed by atoms with Gasteiger partial charge in [-0.1, -0.05) is 42.0 Å². The van der Waals surface area contributed by atoms with Gasteiger partial charge in [-0.3, -0.25) is 9.48 Å². The second-order valence-electron chi connectivity index (χ2n) is 7.56. The van der Waals surface area contributed by atoms with Crippen molar-refractivity contribution in [3.63, 3.8) is 0 Å². The smallest absolute Gasteiger partial charge is 0.242 e. The average molecular weight is 402 g/mol. The van der Waals surface area contributed by atoms with Gasteiger partial charge in [0.15, 0.2) is 11.6 Å². The minimum Gasteiger partial charge on any atom is -0.503 e. The van der Waals surface area contributed by atoms with Gasteiger partial charge in [0, 0.05) is 24.9 Å². The Kier molecular flexibility index (Phi) is 4.24. The van der Waals surface area contributed by atoms with Crippen LogP contribution in [0.5, 0.6) is 5.75 Å². The molecular formula is C23H19FN4O2. The summed E-state index contributed by atoms with van der Waals surface area (Å²) in [4.78, 5) is 16.4. The highest BCUT2D eigenvalue weighted by Crippen LogP contribution is 2.42. The third kappa shape index (κ3) is 2.90. The molecule has 0 radical (unpaired) electrons. The largest absolute Gasteiger partial charge is 0.503 e. The summed E-state index contributed by atoms with van der Waals surface area (Å²) in [6.07, 6.45) is 4.58. The van der Waals surface area contributed by atoms with Crippen molar-refractivity contribution in [2.45, 2.75) is 25.4 Å². The van der Waals surface area contributed by atoms with Crippen LogP contribution in [0.1, 0.15) is 28.7 Å². The van der Waals surface area contributed by atoms with E-state index in [0.29, 0.717) is 18.1 Å². The van der Waals surface area contributed by atoms with Crippen LogP contribution in [0, 0.1) is 12.7 Å². The molecular weight excluding hydrogens is 383 g/mol. The Balaban J connectivity index is 1.76. The molecule has 0 saturated heterocycles. The lowest BCUT2D eigenvalue weighted by atomic mass is 9.83. The van der Waals surface area contributed by atoms with Gasteiger partial charge in [0.2, 0.25) is 5.43 Å². The van der Waals surface area contributed by atoms with E-state index in [9.17, 15) is 14.3 Å². The van der Waals surface area contributed by atoms with Crippen LogP contribution in [-0.2, 0) is 6.54 Å². The van der Waals surface area contributed by atoms with Crippen LogP contribution in [0.3, 0.4) is 0 Å². The van der Waals surface area contributed by atoms with Crippen LogP contribution in [0.4, 0.5) is 4.39 Å². The first-order chi connectivity index (χ1) is 14.5. The number of aromatic nitrogens is 4. The van der Waals surface area contributed by atoms with Gasteiger partial charge in [0.05, 0.1) is 12.2 Å². The number of aromatic hydroxyl groups is 1. The number of rotatable bonds is 3. The van der Waals surface area contributed by atoms with E-state index in [2.05, 4.69) is 16.1 Å². The van der Waals surface area contributed by atoms with Crippen molar-refractivity contribution in [1.29, 1.82) is 0 Å². The van der Waals surface area contributed by atoms with Gasteiger partial charge in [-0.2, -0.15) is 5.10 Å². The maximum Gasteiger partial charge on any atom is 0.242 e. The van der Waals surface area contributed by atoms with Crippen LogP contribution < -0.4 is 5.43 Å². The minimum atomic E-state index is -0.551. The summed E-state index contributed by atoms with van der Waals surface area (Å²) >= 11 is 0. The molecule has 30 heavy (non-hydrogen) atoms. The molecule has 1 N–H and O–H groups in total. The number of benzene rings is 2. The van der Waals surface area contributed by atoms with Crippen LogP contribution in [0.25, 0.3) is 11.5 Å². The third-order valence-corrected chi connectivity index (χ3v) is 5.63. The predicted octanol–water partition coefficient (Wildman–Crippen LogP) is 3.65. The number of imidazole rings is 1. The Labute approximate surface area is 171 Å². The number of fused-ring (bicyclic) bond motifs is 3. The topological polar surface area (TPSA) is 72.9 Å². The highest BCUT2D eigenvalue weighted by Gasteiger charge is 2.35. The van der Waals surface area contributed by atoms with E-state index in [0.717, 1.165) is 22.9 Å². The van der Waals surface area contributed by atoms with Crippen LogP contribution in [0.15, 0.2) is 71.9 Å². The molecule has 7 heteroatoms. The van der Waals surface area contributed by atoms with Crippen molar-refractivity contribution < 1.29 is 9.50 Å². The molecule has 4 aromatic rings. The Hall–Kier alpha value is -3.74. The Morgan fingerprint density at radius 3 is 2.73 bits per heavy atom. The van der Waals surface area contributed by atoms with Gasteiger partial charge in [0.25, 0.3) is 0 Å². The van der Waals surface area contributed by atoms with Crippen molar-refractivity contribution >= 4 is 0 Å². The molecule has 2 aromatic carbocycles. The number of halogens is 1. The van der Waals surface area contributed by atoms with Gasteiger partial charge < -0.3 is 9.67 Å². The molecule has 0 aliphatic carbocycles. The van der Waals surface area contributed by atoms with Gasteiger partial charge in [-0.05, 0) is 30.2 Å². The molecule has 0 fully saturated rings. The summed E-state index contributed by atoms with van der Waals surface area (Å²) in [5.41, 5.74) is 2.81. The fraction of sp³-hybridized carbons (Fsp3) is 0.174. The van der Waals surface area contributed by atoms with Crippen molar-refractivity contribution in [1.82, 2.24) is 19.3 Å². The molecule has 1 aliphatic rings. The van der Waals surface area contributed by atoms with Crippen molar-refractivity contribution in [2.75, 3.05) is 0 Å². The zero-order valence-electron chi connectivity index (χ0n) is 16.2. The van der Waals surface area contributed by atoms with Crippen molar-refractivity contribution in [3.05, 3.63) is 99.9 Å². The summed E-state index contributed by atoms with van der Waals surface area (Å²) < 4.78 is 17.2. The Morgan fingerprint density at radius 2 is 1.97 bits per heavy atom. The number of hydrogen-bond donors (Lipinski definition) is 1. The normalized spacial score (nSPS) is 16.0. The molecule has 3 heterocycles. The minimum absolute atomic E-state index is 0.186. The molecule has 2 atom stereocenters. The molecule has 0 unspecified atom stereocenters. The van der Waals surface area contributed by atoms with Gasteiger partial charge in [-0.15, -0.1) is 0 Å². The molecule has 5 rings (SSSR count). The van der Waals surface area contributed by atoms with E-state index >= 15 is 0 Å². The standard InChI is InChI=1S/C23H19FN4O2/c1-14-3-2-4-16(11-14)20(15-5-7-17(24)8-6-15)18-13-27-10-9-25-23(27)21-22(30)19(29)12-26-28(18)21/h2-12,18,20,30H,13H2,1H3/t18-,20+/m1/s1. The fourth-order valence-corrected chi connectivity index (χ4v) is 4.29. The molecule has 0 amide bonds. The molecule has 6 nitrogen and oxygen atoms in total. The predicted molar refractivity (Wildman–Crippen MR) is 110 cm³/mol. The summed E-state index contributed by atoms with van der Waals surface area (Å²) in [5, 5.41) is 14.9. The van der Waals surface area contributed by atoms with E-state index in [1.165, 1.54) is 12.1 Å². The van der Waals surface area contributed by atoms with Crippen LogP contribution >= 0.6 is 0 Å². The first-order valence-electron chi connectivity index (χ1n) is 9.67. The van der Waals surface area contributed by atoms with Gasteiger partial charge in [-0.25, -0.2) is 9.37 Å². The second kappa shape index (κ2) is 6.95. The van der Waals surface area contributed by atoms with Crippen LogP contribution in [-0.4, -0.2) is 24.4 Å². The highest BCUT2D eigenvalue weighted by molar-refractivity contribution is 5.60. The number of nitrogens with zero attached hydrogens (tertiary/aromatic N) is 4. The lowest BCUT2D eigenvalue weighted by Crippen LogP contribution is -2.32. The average Bonchev–Trinajstić information content (AvgIpc) is 3.20. The van der Waals surface area contributed by atoms with E-state index in [1.54, 1.807) is 23.0 Å². The highest BCUT2D eigenvalue weighted by atomic mass is 19.1. The first-order valence-corrected chi connectivity index (χ1v) is 9.67. The van der Waals surface area contributed by atoms with Crippen molar-refractivity contribution in [3.8, 4) is 17.3 Å².